The molecule has 4 aliphatic heterocycles. The van der Waals surface area contributed by atoms with Crippen LogP contribution in [-0.4, -0.2) is 186 Å². The van der Waals surface area contributed by atoms with Crippen molar-refractivity contribution >= 4 is 0 Å². The zero-order chi connectivity index (χ0) is 31.0. The van der Waals surface area contributed by atoms with Crippen LogP contribution in [0, 0.1) is 0 Å². The van der Waals surface area contributed by atoms with Gasteiger partial charge in [0.2, 0.25) is 0 Å². The Kier molecular flexibility index (Phi) is 11.5. The third-order valence-electron chi connectivity index (χ3n) is 8.00. The van der Waals surface area contributed by atoms with Crippen molar-refractivity contribution in [3.63, 3.8) is 0 Å². The minimum absolute atomic E-state index is 0.157. The van der Waals surface area contributed by atoms with Gasteiger partial charge in [-0.05, 0) is 13.8 Å². The molecular formula is C24H42O18. The summed E-state index contributed by atoms with van der Waals surface area (Å²) in [7, 11) is 0. The molecule has 42 heavy (non-hydrogen) atoms. The fourth-order valence-corrected chi connectivity index (χ4v) is 5.37. The number of aliphatic hydroxyl groups excluding tert-OH is 11. The summed E-state index contributed by atoms with van der Waals surface area (Å²) in [5, 5.41) is 113. The second-order valence-corrected chi connectivity index (χ2v) is 11.0. The number of aliphatic hydroxyl groups is 11. The molecule has 18 heteroatoms. The van der Waals surface area contributed by atoms with E-state index in [2.05, 4.69) is 0 Å². The molecule has 4 aliphatic rings. The lowest BCUT2D eigenvalue weighted by Gasteiger charge is -2.50. The maximum Gasteiger partial charge on any atom is 0.187 e. The monoisotopic (exact) mass is 618 g/mol. The number of rotatable bonds is 8. The molecule has 4 fully saturated rings. The van der Waals surface area contributed by atoms with Gasteiger partial charge < -0.3 is 89.3 Å². The van der Waals surface area contributed by atoms with Crippen LogP contribution in [0.4, 0.5) is 0 Å². The summed E-state index contributed by atoms with van der Waals surface area (Å²) in [5.74, 6) is 0. The Morgan fingerprint density at radius 1 is 0.500 bits per heavy atom. The van der Waals surface area contributed by atoms with Gasteiger partial charge in [0.05, 0.1) is 31.5 Å². The number of hydrogen-bond donors (Lipinski definition) is 11. The summed E-state index contributed by atoms with van der Waals surface area (Å²) in [6, 6.07) is 0. The summed E-state index contributed by atoms with van der Waals surface area (Å²) in [5.41, 5.74) is 0. The second kappa shape index (κ2) is 14.1. The van der Waals surface area contributed by atoms with Crippen LogP contribution in [0.15, 0.2) is 0 Å². The van der Waals surface area contributed by atoms with Crippen LogP contribution < -0.4 is 0 Å². The van der Waals surface area contributed by atoms with Gasteiger partial charge in [0.15, 0.2) is 25.2 Å². The summed E-state index contributed by atoms with van der Waals surface area (Å²) in [6.07, 6.45) is -29.4. The Morgan fingerprint density at radius 2 is 1.07 bits per heavy atom. The SMILES string of the molecule is C[C@@H]1O[C@@H](O)[C@H](O)[C@H](O)[C@H]1O[C@H]1O[C@H](CO)[C@@H](O)[C@H](O[C@H]2O[C@H](C)[C@H](O)C[C@H]2O)[C@@H]1O[C@@H]1O[C@H](CO)[C@H](O)[C@H](O)[C@H]1O. The molecular weight excluding hydrogens is 576 g/mol. The van der Waals surface area contributed by atoms with Gasteiger partial charge in [0.1, 0.15) is 73.2 Å². The van der Waals surface area contributed by atoms with Crippen LogP contribution in [0.25, 0.3) is 0 Å². The van der Waals surface area contributed by atoms with E-state index in [1.165, 1.54) is 13.8 Å². The van der Waals surface area contributed by atoms with Crippen LogP contribution in [0.3, 0.4) is 0 Å². The fourth-order valence-electron chi connectivity index (χ4n) is 5.37. The smallest absolute Gasteiger partial charge is 0.187 e. The normalized spacial score (nSPS) is 54.1. The van der Waals surface area contributed by atoms with Crippen LogP contribution in [0.1, 0.15) is 20.3 Å². The lowest BCUT2D eigenvalue weighted by Crippen LogP contribution is -2.67. The average molecular weight is 619 g/mol. The summed E-state index contributed by atoms with van der Waals surface area (Å²) >= 11 is 0. The molecule has 18 nitrogen and oxygen atoms in total. The molecule has 4 saturated heterocycles. The van der Waals surface area contributed by atoms with Gasteiger partial charge in [-0.15, -0.1) is 0 Å². The van der Waals surface area contributed by atoms with Crippen molar-refractivity contribution in [3.8, 4) is 0 Å². The molecule has 0 radical (unpaired) electrons. The van der Waals surface area contributed by atoms with E-state index in [1.807, 2.05) is 0 Å². The Morgan fingerprint density at radius 3 is 1.71 bits per heavy atom. The second-order valence-electron chi connectivity index (χ2n) is 11.0. The fraction of sp³-hybridized carbons (Fsp3) is 1.00. The first-order chi connectivity index (χ1) is 19.8. The highest BCUT2D eigenvalue weighted by molar-refractivity contribution is 4.97. The zero-order valence-electron chi connectivity index (χ0n) is 22.9. The summed E-state index contributed by atoms with van der Waals surface area (Å²) in [6.45, 7) is 1.35. The first-order valence-electron chi connectivity index (χ1n) is 13.7. The first kappa shape index (κ1) is 34.2. The average Bonchev–Trinajstić information content (AvgIpc) is 2.95. The summed E-state index contributed by atoms with van der Waals surface area (Å²) < 4.78 is 39.6. The molecule has 0 unspecified atom stereocenters. The lowest BCUT2D eigenvalue weighted by molar-refractivity contribution is -0.401. The van der Waals surface area contributed by atoms with Crippen molar-refractivity contribution in [2.24, 2.45) is 0 Å². The molecule has 0 saturated carbocycles. The van der Waals surface area contributed by atoms with E-state index in [9.17, 15) is 56.2 Å². The maximum absolute atomic E-state index is 11.1. The molecule has 4 heterocycles. The van der Waals surface area contributed by atoms with E-state index in [-0.39, 0.29) is 6.42 Å². The van der Waals surface area contributed by atoms with Crippen molar-refractivity contribution in [2.45, 2.75) is 137 Å². The molecule has 0 spiro atoms. The number of hydrogen-bond acceptors (Lipinski definition) is 18. The van der Waals surface area contributed by atoms with Crippen molar-refractivity contribution in [1.82, 2.24) is 0 Å². The molecule has 0 bridgehead atoms. The largest absolute Gasteiger partial charge is 0.394 e. The Hall–Kier alpha value is -0.720. The highest BCUT2D eigenvalue weighted by atomic mass is 16.8. The maximum atomic E-state index is 11.1. The zero-order valence-corrected chi connectivity index (χ0v) is 22.9. The van der Waals surface area contributed by atoms with Gasteiger partial charge in [-0.1, -0.05) is 0 Å². The molecule has 0 aliphatic carbocycles. The molecule has 11 N–H and O–H groups in total. The molecule has 0 amide bonds. The van der Waals surface area contributed by atoms with Gasteiger partial charge in [-0.2, -0.15) is 0 Å². The van der Waals surface area contributed by atoms with E-state index in [0.29, 0.717) is 0 Å². The van der Waals surface area contributed by atoms with Crippen LogP contribution in [0.5, 0.6) is 0 Å². The van der Waals surface area contributed by atoms with Crippen LogP contribution >= 0.6 is 0 Å². The van der Waals surface area contributed by atoms with E-state index >= 15 is 0 Å². The highest BCUT2D eigenvalue weighted by Crippen LogP contribution is 2.35. The van der Waals surface area contributed by atoms with E-state index in [4.69, 9.17) is 33.2 Å². The molecule has 4 rings (SSSR count). The Labute approximate surface area is 240 Å². The van der Waals surface area contributed by atoms with Gasteiger partial charge in [0.25, 0.3) is 0 Å². The Balaban J connectivity index is 1.66. The van der Waals surface area contributed by atoms with Crippen molar-refractivity contribution < 1.29 is 89.3 Å². The predicted octanol–water partition coefficient (Wildman–Crippen LogP) is -6.66. The third-order valence-corrected chi connectivity index (χ3v) is 8.00. The molecule has 0 aromatic heterocycles. The first-order valence-corrected chi connectivity index (χ1v) is 13.7. The molecule has 0 aromatic carbocycles. The Bertz CT molecular complexity index is 852. The quantitative estimate of drug-likeness (QED) is 0.120. The summed E-state index contributed by atoms with van der Waals surface area (Å²) in [4.78, 5) is 0. The number of ether oxygens (including phenoxy) is 7. The molecule has 19 atom stereocenters. The topological polar surface area (TPSA) is 287 Å². The highest BCUT2D eigenvalue weighted by Gasteiger charge is 2.55. The van der Waals surface area contributed by atoms with Gasteiger partial charge in [-0.25, -0.2) is 0 Å². The van der Waals surface area contributed by atoms with Crippen molar-refractivity contribution in [1.29, 1.82) is 0 Å². The van der Waals surface area contributed by atoms with E-state index in [1.54, 1.807) is 0 Å². The lowest BCUT2D eigenvalue weighted by atomic mass is 9.95. The van der Waals surface area contributed by atoms with Crippen molar-refractivity contribution in [3.05, 3.63) is 0 Å². The molecule has 246 valence electrons. The van der Waals surface area contributed by atoms with E-state index in [0.717, 1.165) is 0 Å². The van der Waals surface area contributed by atoms with Gasteiger partial charge >= 0.3 is 0 Å². The van der Waals surface area contributed by atoms with Gasteiger partial charge in [-0.3, -0.25) is 0 Å². The van der Waals surface area contributed by atoms with Gasteiger partial charge in [0, 0.05) is 6.42 Å². The minimum Gasteiger partial charge on any atom is -0.394 e. The van der Waals surface area contributed by atoms with Crippen LogP contribution in [-0.2, 0) is 33.2 Å². The standard InChI is InChI=1S/C24H42O18/c1-6-8(27)3-9(28)22(37-6)41-19-13(30)11(5-26)39-24(40-18-7(2)36-21(35)16(33)15(18)32)20(19)42-23-17(34)14(31)12(29)10(4-25)38-23/h6-35H,3-5H2,1-2H3/t6-,7+,8-,9-,10-,11-,12+,13-,14+,15+,16-,17-,18+,19+,20+,21-,22-,23+,24-/m1/s1. The predicted molar refractivity (Wildman–Crippen MR) is 130 cm³/mol. The minimum atomic E-state index is -1.91. The van der Waals surface area contributed by atoms with Crippen LogP contribution in [0.2, 0.25) is 0 Å². The van der Waals surface area contributed by atoms with Crippen molar-refractivity contribution in [2.75, 3.05) is 13.2 Å². The van der Waals surface area contributed by atoms with E-state index < -0.39 is 130 Å². The molecule has 0 aromatic rings. The third kappa shape index (κ3) is 6.91.